The van der Waals surface area contributed by atoms with Crippen molar-refractivity contribution in [1.82, 2.24) is 0 Å². The molecule has 6 rings (SSSR count). The molecule has 62 heavy (non-hydrogen) atoms. The van der Waals surface area contributed by atoms with E-state index < -0.39 is 8.67 Å². The summed E-state index contributed by atoms with van der Waals surface area (Å²) >= 11 is 29.1. The molecule has 6 fully saturated rings. The Morgan fingerprint density at radius 3 is 0.629 bits per heavy atom. The van der Waals surface area contributed by atoms with Crippen molar-refractivity contribution in [3.8, 4) is 0 Å². The number of hydrogen-bond acceptors (Lipinski definition) is 0. The third-order valence-electron chi connectivity index (χ3n) is 19.6. The summed E-state index contributed by atoms with van der Waals surface area (Å²) in [4.78, 5) is 0. The molecule has 4 spiro atoms. The normalized spacial score (nSPS) is 34.8. The van der Waals surface area contributed by atoms with Gasteiger partial charge in [-0.2, -0.15) is 0 Å². The molecule has 0 saturated heterocycles. The average Bonchev–Trinajstić information content (AvgIpc) is 3.28. The lowest BCUT2D eigenvalue weighted by atomic mass is 9.43. The average molecular weight is 943 g/mol. The zero-order valence-electron chi connectivity index (χ0n) is 41.9. The van der Waals surface area contributed by atoms with Gasteiger partial charge >= 0.3 is 0 Å². The summed E-state index contributed by atoms with van der Waals surface area (Å²) in [6.07, 6.45) is 61.1. The fourth-order valence-electron chi connectivity index (χ4n) is 15.2. The number of unbranched alkanes of at least 4 members (excludes halogenated alkanes) is 18. The molecular weight excluding hydrogens is 838 g/mol. The second-order valence-electron chi connectivity index (χ2n) is 23.9. The van der Waals surface area contributed by atoms with E-state index in [4.69, 9.17) is 46.4 Å². The van der Waals surface area contributed by atoms with Gasteiger partial charge in [-0.05, 0) is 139 Å². The summed E-state index contributed by atoms with van der Waals surface area (Å²) in [7, 11) is 0. The van der Waals surface area contributed by atoms with Gasteiger partial charge in [-0.15, -0.1) is 46.4 Å². The van der Waals surface area contributed by atoms with Gasteiger partial charge in [0.2, 0.25) is 0 Å². The standard InChI is InChI=1S/C30H54Cl2.C28H50Cl2/c1-3-5-7-9-11-13-15-26-17-21-28(22-18-26)25-29(30(28,31)32)23-19-27(20-24-29)16-14-12-10-8-6-4-2;1-3-5-7-9-11-13-24-15-19-26(20-16-24)23-27(28(26,29)30)21-17-25(18-22-27)14-12-10-8-6-4-2/h26-27H,3-25H2,1-2H3;24-25H,3-23H2,1-2H3. The van der Waals surface area contributed by atoms with Crippen molar-refractivity contribution in [2.24, 2.45) is 45.3 Å². The molecule has 0 aromatic carbocycles. The highest BCUT2D eigenvalue weighted by molar-refractivity contribution is 6.50. The third kappa shape index (κ3) is 13.7. The van der Waals surface area contributed by atoms with E-state index in [1.165, 1.54) is 283 Å². The first-order valence-electron chi connectivity index (χ1n) is 28.7. The van der Waals surface area contributed by atoms with Crippen molar-refractivity contribution in [3.05, 3.63) is 0 Å². The van der Waals surface area contributed by atoms with Crippen LogP contribution in [-0.2, 0) is 0 Å². The van der Waals surface area contributed by atoms with Crippen LogP contribution in [0.1, 0.15) is 310 Å². The Kier molecular flexibility index (Phi) is 23.4. The maximum absolute atomic E-state index is 7.29. The second-order valence-corrected chi connectivity index (χ2v) is 26.6. The van der Waals surface area contributed by atoms with Crippen LogP contribution in [0.5, 0.6) is 0 Å². The zero-order valence-corrected chi connectivity index (χ0v) is 45.0. The van der Waals surface area contributed by atoms with Crippen LogP contribution in [-0.4, -0.2) is 8.67 Å². The fraction of sp³-hybridized carbons (Fsp3) is 1.00. The van der Waals surface area contributed by atoms with E-state index in [0.717, 1.165) is 23.7 Å². The van der Waals surface area contributed by atoms with E-state index in [1.54, 1.807) is 0 Å². The molecule has 0 aromatic heterocycles. The number of halogens is 4. The van der Waals surface area contributed by atoms with E-state index in [1.807, 2.05) is 0 Å². The van der Waals surface area contributed by atoms with Gasteiger partial charge in [0, 0.05) is 21.7 Å². The Morgan fingerprint density at radius 1 is 0.274 bits per heavy atom. The zero-order chi connectivity index (χ0) is 44.4. The van der Waals surface area contributed by atoms with E-state index >= 15 is 0 Å². The van der Waals surface area contributed by atoms with Gasteiger partial charge in [-0.25, -0.2) is 0 Å². The highest BCUT2D eigenvalue weighted by Gasteiger charge is 2.73. The Bertz CT molecular complexity index is 1090. The van der Waals surface area contributed by atoms with Crippen LogP contribution in [0.15, 0.2) is 0 Å². The Balaban J connectivity index is 0.000000235. The highest BCUT2D eigenvalue weighted by Crippen LogP contribution is 2.78. The number of rotatable bonds is 26. The summed E-state index contributed by atoms with van der Waals surface area (Å²) in [6, 6.07) is 0. The van der Waals surface area contributed by atoms with Gasteiger partial charge in [0.05, 0.1) is 0 Å². The molecular formula is C58H104Cl4. The SMILES string of the molecule is CCCCCCCC1CCC2(CC1)CC1(CCC(CCCCCCC)CC1)C2(Cl)Cl.CCCCCCCCC1CCC2(CC1)CC1(CCC(CCCCCCCC)CC1)C2(Cl)Cl. The van der Waals surface area contributed by atoms with Crippen LogP contribution in [0.3, 0.4) is 0 Å². The van der Waals surface area contributed by atoms with Gasteiger partial charge in [0.25, 0.3) is 0 Å². The first-order chi connectivity index (χ1) is 30.0. The fourth-order valence-corrected chi connectivity index (χ4v) is 17.2. The van der Waals surface area contributed by atoms with Gasteiger partial charge in [0.1, 0.15) is 8.67 Å². The van der Waals surface area contributed by atoms with Crippen LogP contribution in [0.25, 0.3) is 0 Å². The first-order valence-corrected chi connectivity index (χ1v) is 30.2. The van der Waals surface area contributed by atoms with Gasteiger partial charge in [0.15, 0.2) is 0 Å². The molecule has 6 aliphatic rings. The quantitative estimate of drug-likeness (QED) is 0.0599. The lowest BCUT2D eigenvalue weighted by Gasteiger charge is -2.69. The topological polar surface area (TPSA) is 0 Å². The van der Waals surface area contributed by atoms with Crippen LogP contribution < -0.4 is 0 Å². The minimum atomic E-state index is -0.448. The van der Waals surface area contributed by atoms with Crippen LogP contribution in [0.4, 0.5) is 0 Å². The summed E-state index contributed by atoms with van der Waals surface area (Å²) < 4.78 is -0.894. The third-order valence-corrected chi connectivity index (χ3v) is 22.8. The largest absolute Gasteiger partial charge is 0.129 e. The van der Waals surface area contributed by atoms with E-state index in [2.05, 4.69) is 27.7 Å². The summed E-state index contributed by atoms with van der Waals surface area (Å²) in [5.41, 5.74) is 1.00. The molecule has 0 N–H and O–H groups in total. The molecule has 4 heteroatoms. The molecule has 364 valence electrons. The maximum atomic E-state index is 7.29. The summed E-state index contributed by atoms with van der Waals surface area (Å²) in [5.74, 6) is 3.78. The molecule has 0 heterocycles. The molecule has 0 nitrogen and oxygen atoms in total. The van der Waals surface area contributed by atoms with Crippen LogP contribution in [0, 0.1) is 45.3 Å². The first kappa shape index (κ1) is 54.1. The molecule has 6 aliphatic carbocycles. The summed E-state index contributed by atoms with van der Waals surface area (Å²) in [5, 5.41) is 0. The lowest BCUT2D eigenvalue weighted by molar-refractivity contribution is -0.115. The van der Waals surface area contributed by atoms with Gasteiger partial charge in [-0.3, -0.25) is 0 Å². The predicted octanol–water partition coefficient (Wildman–Crippen LogP) is 22.1. The Morgan fingerprint density at radius 2 is 0.452 bits per heavy atom. The molecule has 0 atom stereocenters. The number of alkyl halides is 4. The molecule has 0 aromatic rings. The van der Waals surface area contributed by atoms with Gasteiger partial charge in [-0.1, -0.05) is 195 Å². The smallest absolute Gasteiger partial charge is 0.100 e. The lowest BCUT2D eigenvalue weighted by Crippen LogP contribution is -2.66. The minimum absolute atomic E-state index is 0.250. The van der Waals surface area contributed by atoms with Crippen molar-refractivity contribution in [3.63, 3.8) is 0 Å². The van der Waals surface area contributed by atoms with Crippen molar-refractivity contribution in [2.45, 2.75) is 319 Å². The highest BCUT2D eigenvalue weighted by atomic mass is 35.5. The van der Waals surface area contributed by atoms with Crippen molar-refractivity contribution >= 4 is 46.4 Å². The van der Waals surface area contributed by atoms with E-state index in [-0.39, 0.29) is 21.7 Å². The van der Waals surface area contributed by atoms with Crippen molar-refractivity contribution in [2.75, 3.05) is 0 Å². The molecule has 0 unspecified atom stereocenters. The monoisotopic (exact) mass is 941 g/mol. The Hall–Kier alpha value is 1.16. The van der Waals surface area contributed by atoms with Gasteiger partial charge < -0.3 is 0 Å². The molecule has 6 saturated carbocycles. The Labute approximate surface area is 408 Å². The van der Waals surface area contributed by atoms with E-state index in [0.29, 0.717) is 0 Å². The minimum Gasteiger partial charge on any atom is -0.100 e. The van der Waals surface area contributed by atoms with Crippen molar-refractivity contribution in [1.29, 1.82) is 0 Å². The number of hydrogen-bond donors (Lipinski definition) is 0. The maximum Gasteiger partial charge on any atom is 0.129 e. The van der Waals surface area contributed by atoms with E-state index in [9.17, 15) is 0 Å². The second kappa shape index (κ2) is 26.8. The summed E-state index contributed by atoms with van der Waals surface area (Å²) in [6.45, 7) is 9.21. The molecule has 0 radical (unpaired) electrons. The molecule has 0 amide bonds. The van der Waals surface area contributed by atoms with Crippen LogP contribution >= 0.6 is 46.4 Å². The molecule has 0 bridgehead atoms. The van der Waals surface area contributed by atoms with Crippen LogP contribution in [0.2, 0.25) is 0 Å². The predicted molar refractivity (Wildman–Crippen MR) is 278 cm³/mol. The van der Waals surface area contributed by atoms with Crippen molar-refractivity contribution < 1.29 is 0 Å². The molecule has 0 aliphatic heterocycles.